The number of hydrogen-bond donors (Lipinski definition) is 0. The van der Waals surface area contributed by atoms with Gasteiger partial charge in [0.1, 0.15) is 0 Å². The predicted molar refractivity (Wildman–Crippen MR) is 87.4 cm³/mol. The molecule has 1 aliphatic heterocycles. The molecule has 0 aromatic carbocycles. The fraction of sp³-hybridized carbons (Fsp3) is 0.533. The average molecular weight is 331 g/mol. The van der Waals surface area contributed by atoms with E-state index in [9.17, 15) is 4.79 Å². The number of ether oxygens (including phenoxy) is 1. The smallest absolute Gasteiger partial charge is 0.358 e. The third-order valence-corrected chi connectivity index (χ3v) is 4.08. The van der Waals surface area contributed by atoms with Gasteiger partial charge in [0.25, 0.3) is 5.95 Å². The zero-order valence-electron chi connectivity index (χ0n) is 14.4. The van der Waals surface area contributed by atoms with Crippen molar-refractivity contribution >= 4 is 17.5 Å². The van der Waals surface area contributed by atoms with Crippen LogP contribution >= 0.6 is 0 Å². The summed E-state index contributed by atoms with van der Waals surface area (Å²) in [6.45, 7) is 5.71. The van der Waals surface area contributed by atoms with Crippen LogP contribution in [0.5, 0.6) is 0 Å². The second-order valence-electron chi connectivity index (χ2n) is 5.77. The zero-order chi connectivity index (χ0) is 17.3. The van der Waals surface area contributed by atoms with E-state index in [-0.39, 0.29) is 0 Å². The highest BCUT2D eigenvalue weighted by molar-refractivity contribution is 5.88. The van der Waals surface area contributed by atoms with E-state index in [0.29, 0.717) is 24.8 Å². The van der Waals surface area contributed by atoms with Crippen LogP contribution in [0, 0.1) is 0 Å². The van der Waals surface area contributed by atoms with Crippen LogP contribution in [0.4, 0.5) is 5.95 Å². The Morgan fingerprint density at radius 2 is 2.12 bits per heavy atom. The Bertz CT molecular complexity index is 790. The third-order valence-electron chi connectivity index (χ3n) is 4.08. The Labute approximate surface area is 139 Å². The van der Waals surface area contributed by atoms with Crippen molar-refractivity contribution in [3.8, 4) is 0 Å². The maximum atomic E-state index is 11.9. The molecule has 9 heteroatoms. The molecule has 2 aromatic heterocycles. The molecular formula is C15H21N7O2. The van der Waals surface area contributed by atoms with Crippen molar-refractivity contribution in [3.05, 3.63) is 23.0 Å². The molecule has 0 saturated heterocycles. The van der Waals surface area contributed by atoms with Crippen molar-refractivity contribution in [2.45, 2.75) is 20.3 Å². The fourth-order valence-corrected chi connectivity index (χ4v) is 2.78. The second kappa shape index (κ2) is 6.42. The summed E-state index contributed by atoms with van der Waals surface area (Å²) in [6, 6.07) is 1.78. The van der Waals surface area contributed by atoms with Gasteiger partial charge < -0.3 is 9.64 Å². The minimum atomic E-state index is -0.402. The number of hydrogen-bond acceptors (Lipinski definition) is 7. The normalized spacial score (nSPS) is 15.1. The van der Waals surface area contributed by atoms with Gasteiger partial charge >= 0.3 is 5.97 Å². The van der Waals surface area contributed by atoms with Crippen molar-refractivity contribution in [1.82, 2.24) is 30.0 Å². The number of rotatable bonds is 4. The number of aryl methyl sites for hydroxylation is 2. The van der Waals surface area contributed by atoms with Gasteiger partial charge in [0.15, 0.2) is 5.69 Å². The molecular weight excluding hydrogens is 310 g/mol. The summed E-state index contributed by atoms with van der Waals surface area (Å²) < 4.78 is 6.75. The van der Waals surface area contributed by atoms with E-state index in [0.717, 1.165) is 24.2 Å². The summed E-state index contributed by atoms with van der Waals surface area (Å²) in [6.07, 6.45) is 0.896. The van der Waals surface area contributed by atoms with Gasteiger partial charge in [-0.1, -0.05) is 10.7 Å². The lowest BCUT2D eigenvalue weighted by molar-refractivity contribution is 0.0518. The maximum absolute atomic E-state index is 11.9. The number of esters is 1. The van der Waals surface area contributed by atoms with Crippen LogP contribution in [0.15, 0.2) is 11.6 Å². The van der Waals surface area contributed by atoms with E-state index >= 15 is 0 Å². The van der Waals surface area contributed by atoms with Gasteiger partial charge in [-0.05, 0) is 37.1 Å². The third kappa shape index (κ3) is 3.01. The summed E-state index contributed by atoms with van der Waals surface area (Å²) in [5.41, 5.74) is 3.63. The number of aromatic nitrogens is 6. The van der Waals surface area contributed by atoms with Crippen molar-refractivity contribution in [3.63, 3.8) is 0 Å². The highest BCUT2D eigenvalue weighted by Gasteiger charge is 2.24. The van der Waals surface area contributed by atoms with Crippen LogP contribution in [0.2, 0.25) is 0 Å². The lowest BCUT2D eigenvalue weighted by atomic mass is 9.98. The molecule has 0 radical (unpaired) electrons. The van der Waals surface area contributed by atoms with E-state index in [1.54, 1.807) is 24.7 Å². The molecule has 0 atom stereocenters. The number of anilines is 1. The Kier molecular flexibility index (Phi) is 4.32. The molecule has 3 heterocycles. The van der Waals surface area contributed by atoms with Gasteiger partial charge in [-0.2, -0.15) is 9.90 Å². The topological polar surface area (TPSA) is 91.0 Å². The van der Waals surface area contributed by atoms with Crippen LogP contribution in [0.1, 0.15) is 36.5 Å². The van der Waals surface area contributed by atoms with E-state index in [4.69, 9.17) is 4.74 Å². The molecule has 0 fully saturated rings. The Morgan fingerprint density at radius 1 is 1.33 bits per heavy atom. The van der Waals surface area contributed by atoms with Crippen LogP contribution in [0.25, 0.3) is 5.57 Å². The molecule has 0 N–H and O–H groups in total. The van der Waals surface area contributed by atoms with Gasteiger partial charge in [-0.15, -0.1) is 5.10 Å². The quantitative estimate of drug-likeness (QED) is 0.765. The molecule has 3 rings (SSSR count). The lowest BCUT2D eigenvalue weighted by Gasteiger charge is -2.28. The van der Waals surface area contributed by atoms with E-state index < -0.39 is 5.97 Å². The van der Waals surface area contributed by atoms with Crippen molar-refractivity contribution in [2.24, 2.45) is 14.1 Å². The van der Waals surface area contributed by atoms with Crippen LogP contribution in [0.3, 0.4) is 0 Å². The lowest BCUT2D eigenvalue weighted by Crippen LogP contribution is -2.32. The number of nitrogens with zero attached hydrogens (tertiary/aromatic N) is 7. The molecule has 0 saturated carbocycles. The second-order valence-corrected chi connectivity index (χ2v) is 5.77. The molecule has 1 aliphatic rings. The summed E-state index contributed by atoms with van der Waals surface area (Å²) in [5, 5.41) is 16.5. The molecule has 128 valence electrons. The molecule has 0 aliphatic carbocycles. The molecule has 0 bridgehead atoms. The van der Waals surface area contributed by atoms with E-state index in [2.05, 4.69) is 32.3 Å². The predicted octanol–water partition coefficient (Wildman–Crippen LogP) is 0.804. The molecule has 0 amide bonds. The van der Waals surface area contributed by atoms with E-state index in [1.165, 1.54) is 10.4 Å². The molecule has 9 nitrogen and oxygen atoms in total. The first-order valence-corrected chi connectivity index (χ1v) is 7.88. The minimum absolute atomic E-state index is 0.324. The van der Waals surface area contributed by atoms with Gasteiger partial charge in [0, 0.05) is 20.1 Å². The first-order valence-electron chi connectivity index (χ1n) is 7.88. The van der Waals surface area contributed by atoms with Gasteiger partial charge in [0.2, 0.25) is 0 Å². The maximum Gasteiger partial charge on any atom is 0.358 e. The Morgan fingerprint density at radius 3 is 2.79 bits per heavy atom. The van der Waals surface area contributed by atoms with Gasteiger partial charge in [-0.25, -0.2) is 4.79 Å². The zero-order valence-corrected chi connectivity index (χ0v) is 14.4. The van der Waals surface area contributed by atoms with Crippen molar-refractivity contribution < 1.29 is 9.53 Å². The Balaban J connectivity index is 1.88. The highest BCUT2D eigenvalue weighted by atomic mass is 16.5. The first-order chi connectivity index (χ1) is 11.5. The minimum Gasteiger partial charge on any atom is -0.461 e. The van der Waals surface area contributed by atoms with Crippen LogP contribution < -0.4 is 4.90 Å². The largest absolute Gasteiger partial charge is 0.461 e. The van der Waals surface area contributed by atoms with Gasteiger partial charge in [-0.3, -0.25) is 4.68 Å². The van der Waals surface area contributed by atoms with Crippen molar-refractivity contribution in [2.75, 3.05) is 24.6 Å². The number of tetrazole rings is 1. The summed E-state index contributed by atoms with van der Waals surface area (Å²) in [7, 11) is 3.58. The number of carbonyl (C=O) groups excluding carboxylic acids is 1. The summed E-state index contributed by atoms with van der Waals surface area (Å²) in [4.78, 5) is 15.4. The number of carbonyl (C=O) groups is 1. The summed E-state index contributed by atoms with van der Waals surface area (Å²) >= 11 is 0. The van der Waals surface area contributed by atoms with E-state index in [1.807, 2.05) is 7.05 Å². The first kappa shape index (κ1) is 16.2. The van der Waals surface area contributed by atoms with Crippen molar-refractivity contribution in [1.29, 1.82) is 0 Å². The van der Waals surface area contributed by atoms with Crippen LogP contribution in [-0.2, 0) is 18.8 Å². The average Bonchev–Trinajstić information content (AvgIpc) is 3.14. The molecule has 0 spiro atoms. The van der Waals surface area contributed by atoms with Crippen LogP contribution in [-0.4, -0.2) is 55.7 Å². The SMILES string of the molecule is CCOC(=O)c1cc(C2=C(C)CCN(c3nnn(C)n3)C2)n(C)n1. The standard InChI is InChI=1S/C15H21N7O2/c1-5-24-14(23)12-8-13(20(3)17-12)11-9-22(7-6-10(11)2)15-16-19-21(4)18-15/h8H,5-7,9H2,1-4H3. The Hall–Kier alpha value is -2.71. The monoisotopic (exact) mass is 331 g/mol. The molecule has 0 unspecified atom stereocenters. The molecule has 2 aromatic rings. The highest BCUT2D eigenvalue weighted by Crippen LogP contribution is 2.28. The molecule has 24 heavy (non-hydrogen) atoms. The van der Waals surface area contributed by atoms with Gasteiger partial charge in [0.05, 0.1) is 19.3 Å². The summed E-state index contributed by atoms with van der Waals surface area (Å²) in [5.74, 6) is 0.205. The fourth-order valence-electron chi connectivity index (χ4n) is 2.78.